The largest absolute Gasteiger partial charge is 0.386 e. The quantitative estimate of drug-likeness (QED) is 0.0840. The third-order valence-electron chi connectivity index (χ3n) is 7.23. The molecule has 4 rings (SSSR count). The zero-order valence-electron chi connectivity index (χ0n) is 25.0. The van der Waals surface area contributed by atoms with Crippen molar-refractivity contribution in [2.45, 2.75) is 84.0 Å². The monoisotopic (exact) mass is 584 g/mol. The summed E-state index contributed by atoms with van der Waals surface area (Å²) in [5.41, 5.74) is 9.12. The number of thiocarbonyl (C=S) groups is 1. The maximum atomic E-state index is 5.87. The molecule has 0 aliphatic heterocycles. The van der Waals surface area contributed by atoms with Crippen molar-refractivity contribution in [1.29, 1.82) is 0 Å². The molecule has 3 aromatic carbocycles. The third-order valence-corrected chi connectivity index (χ3v) is 9.50. The minimum atomic E-state index is 0.397. The van der Waals surface area contributed by atoms with Gasteiger partial charge in [-0.05, 0) is 35.8 Å². The minimum absolute atomic E-state index is 0.397. The molecule has 1 heterocycles. The minimum Gasteiger partial charge on any atom is -0.386 e. The van der Waals surface area contributed by atoms with E-state index < -0.39 is 0 Å². The van der Waals surface area contributed by atoms with Crippen LogP contribution in [-0.2, 0) is 0 Å². The van der Waals surface area contributed by atoms with E-state index in [0.29, 0.717) is 23.7 Å². The Morgan fingerprint density at radius 1 is 0.700 bits per heavy atom. The number of thioether (sulfide) groups is 1. The molecular weight excluding hydrogens is 543 g/mol. The van der Waals surface area contributed by atoms with Crippen molar-refractivity contribution in [3.63, 3.8) is 0 Å². The first-order chi connectivity index (χ1) is 19.1. The molecule has 0 atom stereocenters. The molecule has 40 heavy (non-hydrogen) atoms. The standard InChI is InChI=1S/C34H41BN2S3/c1-22(2)27-16-12-17-28(23(3)4)31(27)36-20-21-37(32-29(24(5)6)18-13-19-30(32)25(7)8)33(36)35-40-34(38)39-26-14-10-9-11-15-26/h9-25H,1-8H3. The number of aromatic nitrogens is 2. The van der Waals surface area contributed by atoms with Crippen LogP contribution >= 0.6 is 35.6 Å². The lowest BCUT2D eigenvalue weighted by Crippen LogP contribution is -2.52. The molecule has 0 unspecified atom stereocenters. The number of benzene rings is 3. The Balaban J connectivity index is 1.92. The Hall–Kier alpha value is -2.28. The molecule has 1 aromatic heterocycles. The highest BCUT2D eigenvalue weighted by Crippen LogP contribution is 2.32. The van der Waals surface area contributed by atoms with Crippen molar-refractivity contribution in [1.82, 2.24) is 4.57 Å². The molecule has 2 nitrogen and oxygen atoms in total. The van der Waals surface area contributed by atoms with Crippen LogP contribution in [0.1, 0.15) is 101 Å². The second-order valence-electron chi connectivity index (χ2n) is 11.5. The van der Waals surface area contributed by atoms with Gasteiger partial charge in [0.05, 0.1) is 3.53 Å². The van der Waals surface area contributed by atoms with E-state index in [2.05, 4.69) is 144 Å². The Labute approximate surface area is 256 Å². The fourth-order valence-corrected chi connectivity index (χ4v) is 7.16. The predicted molar refractivity (Wildman–Crippen MR) is 182 cm³/mol. The second kappa shape index (κ2) is 13.6. The van der Waals surface area contributed by atoms with Gasteiger partial charge in [0.2, 0.25) is 0 Å². The molecule has 0 fully saturated rings. The van der Waals surface area contributed by atoms with Gasteiger partial charge in [-0.1, -0.05) is 141 Å². The highest BCUT2D eigenvalue weighted by Gasteiger charge is 2.25. The van der Waals surface area contributed by atoms with E-state index >= 15 is 0 Å². The topological polar surface area (TPSA) is 8.81 Å². The normalized spacial score (nSPS) is 11.8. The van der Waals surface area contributed by atoms with E-state index in [1.54, 1.807) is 23.4 Å². The van der Waals surface area contributed by atoms with E-state index in [1.165, 1.54) is 33.6 Å². The zero-order chi connectivity index (χ0) is 29.0. The van der Waals surface area contributed by atoms with Crippen molar-refractivity contribution in [2.75, 3.05) is 0 Å². The van der Waals surface area contributed by atoms with Crippen molar-refractivity contribution < 1.29 is 4.57 Å². The summed E-state index contributed by atoms with van der Waals surface area (Å²) in [6.07, 6.45) is 4.49. The molecule has 6 heteroatoms. The third kappa shape index (κ3) is 6.78. The van der Waals surface area contributed by atoms with Crippen LogP contribution in [0.2, 0.25) is 0 Å². The maximum Gasteiger partial charge on any atom is 0.135 e. The average molecular weight is 585 g/mol. The first-order valence-corrected chi connectivity index (χ1v) is 16.4. The molecule has 0 saturated heterocycles. The lowest BCUT2D eigenvalue weighted by molar-refractivity contribution is -0.576. The maximum absolute atomic E-state index is 5.87. The lowest BCUT2D eigenvalue weighted by Gasteiger charge is -2.24. The summed E-state index contributed by atoms with van der Waals surface area (Å²) in [6, 6.07) is 23.9. The SMILES string of the molecule is CC(C)c1cccc(C(C)C)c1-n1cc[n+](-c2c(C(C)C)cccc2C(C)C)c1[B-]SC(=S)Sc1ccccc1. The number of hydrogen-bond donors (Lipinski definition) is 0. The lowest BCUT2D eigenvalue weighted by atomic mass is 9.91. The van der Waals surface area contributed by atoms with Crippen LogP contribution in [0.5, 0.6) is 0 Å². The number of nitrogens with zero attached hydrogens (tertiary/aromatic N) is 2. The van der Waals surface area contributed by atoms with Crippen LogP contribution in [0.4, 0.5) is 0 Å². The summed E-state index contributed by atoms with van der Waals surface area (Å²) in [6.45, 7) is 20.5. The number of hydrogen-bond acceptors (Lipinski definition) is 3. The van der Waals surface area contributed by atoms with Gasteiger partial charge in [-0.15, -0.1) is 0 Å². The van der Waals surface area contributed by atoms with Gasteiger partial charge in [-0.3, -0.25) is 0 Å². The Morgan fingerprint density at radius 2 is 1.20 bits per heavy atom. The van der Waals surface area contributed by atoms with E-state index in [9.17, 15) is 0 Å². The van der Waals surface area contributed by atoms with Crippen LogP contribution in [0.15, 0.2) is 84.0 Å². The molecular formula is C34H41BN2S3. The molecule has 0 spiro atoms. The van der Waals surface area contributed by atoms with Gasteiger partial charge < -0.3 is 11.6 Å². The fourth-order valence-electron chi connectivity index (χ4n) is 5.18. The number of imidazole rings is 1. The van der Waals surface area contributed by atoms with Crippen molar-refractivity contribution in [3.05, 3.63) is 101 Å². The van der Waals surface area contributed by atoms with Gasteiger partial charge in [0.1, 0.15) is 23.8 Å². The van der Waals surface area contributed by atoms with E-state index in [0.717, 1.165) is 14.1 Å². The summed E-state index contributed by atoms with van der Waals surface area (Å²) in [4.78, 5) is 1.16. The number of para-hydroxylation sites is 2. The summed E-state index contributed by atoms with van der Waals surface area (Å²) < 4.78 is 5.68. The average Bonchev–Trinajstić information content (AvgIpc) is 3.34. The van der Waals surface area contributed by atoms with Crippen molar-refractivity contribution in [2.24, 2.45) is 0 Å². The van der Waals surface area contributed by atoms with E-state index in [-0.39, 0.29) is 0 Å². The molecule has 0 aliphatic carbocycles. The van der Waals surface area contributed by atoms with Crippen LogP contribution in [0.25, 0.3) is 11.4 Å². The van der Waals surface area contributed by atoms with E-state index in [4.69, 9.17) is 12.2 Å². The highest BCUT2D eigenvalue weighted by molar-refractivity contribution is 8.56. The van der Waals surface area contributed by atoms with Crippen molar-refractivity contribution in [3.8, 4) is 11.4 Å². The van der Waals surface area contributed by atoms with Crippen LogP contribution in [0, 0.1) is 0 Å². The van der Waals surface area contributed by atoms with Gasteiger partial charge in [0.25, 0.3) is 0 Å². The first kappa shape index (κ1) is 30.7. The Kier molecular flexibility index (Phi) is 10.4. The molecule has 0 aliphatic rings. The molecule has 0 N–H and O–H groups in total. The molecule has 0 saturated carbocycles. The predicted octanol–water partition coefficient (Wildman–Crippen LogP) is 9.30. The number of rotatable bonds is 9. The van der Waals surface area contributed by atoms with Gasteiger partial charge in [-0.2, -0.15) is 0 Å². The summed E-state index contributed by atoms with van der Waals surface area (Å²) in [5.74, 6) is 1.59. The molecule has 0 amide bonds. The highest BCUT2D eigenvalue weighted by atomic mass is 32.2. The Morgan fingerprint density at radius 3 is 1.70 bits per heavy atom. The van der Waals surface area contributed by atoms with Crippen LogP contribution < -0.4 is 10.3 Å². The van der Waals surface area contributed by atoms with Crippen LogP contribution in [-0.4, -0.2) is 14.7 Å². The summed E-state index contributed by atoms with van der Waals surface area (Å²) in [7, 11) is 0. The van der Waals surface area contributed by atoms with Gasteiger partial charge >= 0.3 is 0 Å². The van der Waals surface area contributed by atoms with Gasteiger partial charge in [-0.25, -0.2) is 9.13 Å². The molecule has 2 radical (unpaired) electrons. The first-order valence-electron chi connectivity index (χ1n) is 14.3. The second-order valence-corrected chi connectivity index (χ2v) is 14.6. The van der Waals surface area contributed by atoms with Gasteiger partial charge in [0.15, 0.2) is 0 Å². The zero-order valence-corrected chi connectivity index (χ0v) is 27.5. The van der Waals surface area contributed by atoms with Crippen LogP contribution in [0.3, 0.4) is 0 Å². The Bertz CT molecular complexity index is 1320. The van der Waals surface area contributed by atoms with E-state index in [1.807, 2.05) is 6.07 Å². The fraction of sp³-hybridized carbons (Fsp3) is 0.353. The molecule has 4 aromatic rings. The molecule has 208 valence electrons. The summed E-state index contributed by atoms with van der Waals surface area (Å²) in [5, 5.41) is 0. The smallest absolute Gasteiger partial charge is 0.135 e. The van der Waals surface area contributed by atoms with Gasteiger partial charge in [0, 0.05) is 32.9 Å². The van der Waals surface area contributed by atoms with Crippen molar-refractivity contribution >= 4 is 51.4 Å². The molecule has 0 bridgehead atoms. The summed E-state index contributed by atoms with van der Waals surface area (Å²) >= 11 is 9.15.